The van der Waals surface area contributed by atoms with Crippen LogP contribution in [-0.2, 0) is 0 Å². The predicted molar refractivity (Wildman–Crippen MR) is 54.4 cm³/mol. The third-order valence-electron chi connectivity index (χ3n) is 5.17. The van der Waals surface area contributed by atoms with Crippen molar-refractivity contribution in [3.05, 3.63) is 0 Å². The summed E-state index contributed by atoms with van der Waals surface area (Å²) in [6.45, 7) is 0.298. The van der Waals surface area contributed by atoms with Crippen molar-refractivity contribution in [3.63, 3.8) is 0 Å². The van der Waals surface area contributed by atoms with Gasteiger partial charge in [-0.05, 0) is 56.3 Å². The summed E-state index contributed by atoms with van der Waals surface area (Å²) in [4.78, 5) is 0. The smallest absolute Gasteiger partial charge is 0.113 e. The first-order valence-corrected chi connectivity index (χ1v) is 6.16. The van der Waals surface area contributed by atoms with E-state index in [2.05, 4.69) is 5.73 Å². The highest BCUT2D eigenvalue weighted by atomic mass is 16.3. The van der Waals surface area contributed by atoms with E-state index in [1.165, 1.54) is 38.5 Å². The first-order valence-electron chi connectivity index (χ1n) is 6.16. The molecule has 0 amide bonds. The maximum atomic E-state index is 9.33. The molecule has 0 heterocycles. The van der Waals surface area contributed by atoms with Crippen LogP contribution in [0.3, 0.4) is 0 Å². The van der Waals surface area contributed by atoms with Gasteiger partial charge in [0.2, 0.25) is 0 Å². The second-order valence-electron chi connectivity index (χ2n) is 6.16. The molecule has 4 aliphatic carbocycles. The maximum absolute atomic E-state index is 9.33. The van der Waals surface area contributed by atoms with Crippen LogP contribution in [0, 0.1) is 23.2 Å². The number of rotatable bonds is 2. The van der Waals surface area contributed by atoms with Gasteiger partial charge in [-0.2, -0.15) is 0 Å². The van der Waals surface area contributed by atoms with Crippen LogP contribution in [0.2, 0.25) is 0 Å². The van der Waals surface area contributed by atoms with E-state index in [-0.39, 0.29) is 0 Å². The molecule has 2 nitrogen and oxygen atoms in total. The number of quaternary nitrogens is 1. The van der Waals surface area contributed by atoms with E-state index in [1.807, 2.05) is 0 Å². The molecule has 4 fully saturated rings. The van der Waals surface area contributed by atoms with Gasteiger partial charge in [-0.3, -0.25) is 0 Å². The summed E-state index contributed by atoms with van der Waals surface area (Å²) >= 11 is 0. The first kappa shape index (κ1) is 9.17. The molecule has 0 aromatic heterocycles. The first-order chi connectivity index (χ1) is 6.72. The molecule has 0 radical (unpaired) electrons. The summed E-state index contributed by atoms with van der Waals surface area (Å²) in [7, 11) is 0. The van der Waals surface area contributed by atoms with Gasteiger partial charge in [-0.25, -0.2) is 0 Å². The molecule has 4 bridgehead atoms. The van der Waals surface area contributed by atoms with Crippen LogP contribution < -0.4 is 5.73 Å². The molecular formula is C12H22NO+. The molecule has 0 unspecified atom stereocenters. The molecule has 0 spiro atoms. The Morgan fingerprint density at radius 1 is 1.07 bits per heavy atom. The van der Waals surface area contributed by atoms with Crippen LogP contribution in [-0.4, -0.2) is 17.8 Å². The van der Waals surface area contributed by atoms with Crippen molar-refractivity contribution in [2.45, 2.75) is 44.6 Å². The summed E-state index contributed by atoms with van der Waals surface area (Å²) in [6.07, 6.45) is 8.56. The summed E-state index contributed by atoms with van der Waals surface area (Å²) in [5.41, 5.74) is 4.64. The van der Waals surface area contributed by atoms with Gasteiger partial charge in [0.05, 0.1) is 6.61 Å². The minimum Gasteiger partial charge on any atom is -0.390 e. The largest absolute Gasteiger partial charge is 0.390 e. The Bertz CT molecular complexity index is 203. The lowest BCUT2D eigenvalue weighted by atomic mass is 9.48. The van der Waals surface area contributed by atoms with Crippen LogP contribution in [0.15, 0.2) is 0 Å². The van der Waals surface area contributed by atoms with Crippen molar-refractivity contribution in [2.75, 3.05) is 6.61 Å². The van der Waals surface area contributed by atoms with Crippen LogP contribution in [0.25, 0.3) is 0 Å². The molecular weight excluding hydrogens is 174 g/mol. The fourth-order valence-corrected chi connectivity index (χ4v) is 4.87. The molecule has 80 valence electrons. The van der Waals surface area contributed by atoms with Crippen molar-refractivity contribution in [2.24, 2.45) is 23.2 Å². The second-order valence-corrected chi connectivity index (χ2v) is 6.16. The molecule has 0 saturated heterocycles. The molecule has 2 heteroatoms. The van der Waals surface area contributed by atoms with E-state index in [1.54, 1.807) is 0 Å². The summed E-state index contributed by atoms with van der Waals surface area (Å²) in [5, 5.41) is 9.33. The zero-order valence-corrected chi connectivity index (χ0v) is 8.91. The number of aliphatic hydroxyl groups excluding tert-OH is 1. The lowest BCUT2D eigenvalue weighted by molar-refractivity contribution is -0.463. The topological polar surface area (TPSA) is 47.9 Å². The average molecular weight is 196 g/mol. The Labute approximate surface area is 85.9 Å². The summed E-state index contributed by atoms with van der Waals surface area (Å²) < 4.78 is 0. The Hall–Kier alpha value is -0.0800. The number of aliphatic hydroxyl groups is 1. The summed E-state index contributed by atoms with van der Waals surface area (Å²) in [6, 6.07) is 0.302. The zero-order valence-electron chi connectivity index (χ0n) is 8.91. The molecule has 14 heavy (non-hydrogen) atoms. The maximum Gasteiger partial charge on any atom is 0.113 e. The molecule has 4 aliphatic rings. The fourth-order valence-electron chi connectivity index (χ4n) is 4.87. The Kier molecular flexibility index (Phi) is 1.94. The second kappa shape index (κ2) is 2.96. The molecule has 4 N–H and O–H groups in total. The van der Waals surface area contributed by atoms with Gasteiger partial charge in [0.1, 0.15) is 6.04 Å². The van der Waals surface area contributed by atoms with Gasteiger partial charge < -0.3 is 10.8 Å². The highest BCUT2D eigenvalue weighted by Crippen LogP contribution is 2.60. The molecule has 4 rings (SSSR count). The van der Waals surface area contributed by atoms with Crippen molar-refractivity contribution < 1.29 is 10.8 Å². The van der Waals surface area contributed by atoms with Crippen molar-refractivity contribution >= 4 is 0 Å². The lowest BCUT2D eigenvalue weighted by Crippen LogP contribution is -2.73. The average Bonchev–Trinajstić information content (AvgIpc) is 2.14. The van der Waals surface area contributed by atoms with E-state index in [0.29, 0.717) is 18.1 Å². The van der Waals surface area contributed by atoms with Gasteiger partial charge >= 0.3 is 0 Å². The lowest BCUT2D eigenvalue weighted by Gasteiger charge is -2.57. The van der Waals surface area contributed by atoms with Gasteiger partial charge in [-0.15, -0.1) is 0 Å². The van der Waals surface area contributed by atoms with Crippen LogP contribution in [0.1, 0.15) is 38.5 Å². The monoisotopic (exact) mass is 196 g/mol. The zero-order chi connectivity index (χ0) is 9.76. The normalized spacial score (nSPS) is 52.3. The van der Waals surface area contributed by atoms with Gasteiger partial charge in [0.15, 0.2) is 0 Å². The molecule has 0 aliphatic heterocycles. The van der Waals surface area contributed by atoms with Crippen molar-refractivity contribution in [1.82, 2.24) is 0 Å². The Morgan fingerprint density at radius 2 is 1.50 bits per heavy atom. The Morgan fingerprint density at radius 3 is 1.86 bits per heavy atom. The SMILES string of the molecule is [NH3+][C@@H](CO)C12CC3CC(CC(C3)C1)C2. The van der Waals surface area contributed by atoms with E-state index in [9.17, 15) is 5.11 Å². The van der Waals surface area contributed by atoms with Gasteiger partial charge in [-0.1, -0.05) is 0 Å². The van der Waals surface area contributed by atoms with Gasteiger partial charge in [0, 0.05) is 5.41 Å². The Balaban J connectivity index is 1.87. The standard InChI is InChI=1S/C12H21NO/c13-11(7-14)12-4-8-1-9(5-12)3-10(2-8)6-12/h8-11,14H,1-7,13H2/p+1/t8?,9?,10?,11-,12?/m0/s1. The van der Waals surface area contributed by atoms with E-state index in [4.69, 9.17) is 0 Å². The van der Waals surface area contributed by atoms with Crippen LogP contribution in [0.4, 0.5) is 0 Å². The highest BCUT2D eigenvalue weighted by molar-refractivity contribution is 5.03. The quantitative estimate of drug-likeness (QED) is 0.674. The van der Waals surface area contributed by atoms with Crippen LogP contribution in [0.5, 0.6) is 0 Å². The minimum absolute atomic E-state index is 0.298. The minimum atomic E-state index is 0.298. The molecule has 1 atom stereocenters. The van der Waals surface area contributed by atoms with Crippen LogP contribution >= 0.6 is 0 Å². The van der Waals surface area contributed by atoms with Gasteiger partial charge in [0.25, 0.3) is 0 Å². The van der Waals surface area contributed by atoms with Crippen molar-refractivity contribution in [3.8, 4) is 0 Å². The number of hydrogen-bond donors (Lipinski definition) is 2. The fraction of sp³-hybridized carbons (Fsp3) is 1.00. The molecule has 4 saturated carbocycles. The predicted octanol–water partition coefficient (Wildman–Crippen LogP) is 0.806. The third kappa shape index (κ3) is 1.17. The van der Waals surface area contributed by atoms with E-state index in [0.717, 1.165) is 17.8 Å². The summed E-state index contributed by atoms with van der Waals surface area (Å²) in [5.74, 6) is 2.95. The molecule has 0 aromatic rings. The number of hydrogen-bond acceptors (Lipinski definition) is 1. The third-order valence-corrected chi connectivity index (χ3v) is 5.17. The van der Waals surface area contributed by atoms with Crippen molar-refractivity contribution in [1.29, 1.82) is 0 Å². The van der Waals surface area contributed by atoms with E-state index >= 15 is 0 Å². The van der Waals surface area contributed by atoms with E-state index < -0.39 is 0 Å². The highest BCUT2D eigenvalue weighted by Gasteiger charge is 2.54. The molecule has 0 aromatic carbocycles.